The Labute approximate surface area is 132 Å². The maximum Gasteiger partial charge on any atom is 0.223 e. The molecule has 0 amide bonds. The molecule has 0 fully saturated rings. The lowest BCUT2D eigenvalue weighted by Crippen LogP contribution is -2.10. The SMILES string of the molecule is CCCCCCc1ccc(-n2ccc(=O)c(O)c2CC)cc1. The van der Waals surface area contributed by atoms with Crippen molar-refractivity contribution in [3.63, 3.8) is 0 Å². The molecule has 118 valence electrons. The van der Waals surface area contributed by atoms with Crippen LogP contribution in [0.15, 0.2) is 41.3 Å². The first-order valence-corrected chi connectivity index (χ1v) is 8.20. The molecule has 3 nitrogen and oxygen atoms in total. The summed E-state index contributed by atoms with van der Waals surface area (Å²) in [6.45, 7) is 4.16. The molecule has 0 bridgehead atoms. The van der Waals surface area contributed by atoms with E-state index < -0.39 is 0 Å². The minimum absolute atomic E-state index is 0.145. The second-order valence-corrected chi connectivity index (χ2v) is 5.68. The molecule has 22 heavy (non-hydrogen) atoms. The fraction of sp³-hybridized carbons (Fsp3) is 0.421. The number of pyridine rings is 1. The first-order chi connectivity index (χ1) is 10.7. The predicted octanol–water partition coefficient (Wildman–Crippen LogP) is 4.23. The van der Waals surface area contributed by atoms with E-state index in [1.807, 2.05) is 11.5 Å². The van der Waals surface area contributed by atoms with Crippen molar-refractivity contribution in [2.75, 3.05) is 0 Å². The molecular formula is C19H25NO2. The monoisotopic (exact) mass is 299 g/mol. The normalized spacial score (nSPS) is 10.8. The van der Waals surface area contributed by atoms with Crippen LogP contribution in [0.1, 0.15) is 50.8 Å². The van der Waals surface area contributed by atoms with Gasteiger partial charge in [-0.1, -0.05) is 45.2 Å². The molecule has 2 aromatic rings. The number of unbranched alkanes of at least 4 members (excludes halogenated alkanes) is 3. The van der Waals surface area contributed by atoms with Crippen LogP contribution >= 0.6 is 0 Å². The molecule has 0 aliphatic heterocycles. The average Bonchev–Trinajstić information content (AvgIpc) is 2.55. The van der Waals surface area contributed by atoms with Crippen molar-refractivity contribution < 1.29 is 5.11 Å². The number of aromatic nitrogens is 1. The molecule has 0 unspecified atom stereocenters. The molecule has 0 spiro atoms. The molecule has 1 heterocycles. The molecule has 1 N–H and O–H groups in total. The first kappa shape index (κ1) is 16.3. The van der Waals surface area contributed by atoms with Gasteiger partial charge >= 0.3 is 0 Å². The van der Waals surface area contributed by atoms with E-state index in [4.69, 9.17) is 0 Å². The summed E-state index contributed by atoms with van der Waals surface area (Å²) < 4.78 is 1.89. The van der Waals surface area contributed by atoms with Gasteiger partial charge in [0.25, 0.3) is 0 Å². The van der Waals surface area contributed by atoms with Gasteiger partial charge in [0.1, 0.15) is 0 Å². The van der Waals surface area contributed by atoms with E-state index in [2.05, 4.69) is 31.2 Å². The molecule has 1 aromatic heterocycles. The summed E-state index contributed by atoms with van der Waals surface area (Å²) in [4.78, 5) is 11.5. The Morgan fingerprint density at radius 1 is 1.00 bits per heavy atom. The van der Waals surface area contributed by atoms with Crippen LogP contribution in [0.2, 0.25) is 0 Å². The Balaban J connectivity index is 2.17. The number of benzene rings is 1. The van der Waals surface area contributed by atoms with E-state index in [9.17, 15) is 9.90 Å². The Morgan fingerprint density at radius 3 is 2.36 bits per heavy atom. The average molecular weight is 299 g/mol. The van der Waals surface area contributed by atoms with E-state index in [-0.39, 0.29) is 11.2 Å². The summed E-state index contributed by atoms with van der Waals surface area (Å²) in [5.74, 6) is -0.145. The number of aromatic hydroxyl groups is 1. The standard InChI is InChI=1S/C19H25NO2/c1-3-5-6-7-8-15-9-11-16(12-10-15)20-14-13-18(21)19(22)17(20)4-2/h9-14,22H,3-8H2,1-2H3. The van der Waals surface area contributed by atoms with Crippen LogP contribution in [0.25, 0.3) is 5.69 Å². The fourth-order valence-electron chi connectivity index (χ4n) is 2.73. The van der Waals surface area contributed by atoms with Crippen LogP contribution < -0.4 is 5.43 Å². The van der Waals surface area contributed by atoms with Crippen LogP contribution in [0, 0.1) is 0 Å². The van der Waals surface area contributed by atoms with Crippen molar-refractivity contribution in [1.29, 1.82) is 0 Å². The molecule has 0 aliphatic carbocycles. The highest BCUT2D eigenvalue weighted by atomic mass is 16.3. The Bertz CT molecular complexity index is 656. The second kappa shape index (κ2) is 7.83. The summed E-state index contributed by atoms with van der Waals surface area (Å²) in [6, 6.07) is 9.79. The number of hydrogen-bond acceptors (Lipinski definition) is 2. The second-order valence-electron chi connectivity index (χ2n) is 5.68. The van der Waals surface area contributed by atoms with Gasteiger partial charge in [-0.05, 0) is 37.0 Å². The molecule has 0 radical (unpaired) electrons. The van der Waals surface area contributed by atoms with Gasteiger partial charge in [-0.25, -0.2) is 0 Å². The summed E-state index contributed by atoms with van der Waals surface area (Å²) in [5, 5.41) is 9.93. The zero-order valence-corrected chi connectivity index (χ0v) is 13.5. The van der Waals surface area contributed by atoms with Crippen LogP contribution in [0.4, 0.5) is 0 Å². The van der Waals surface area contributed by atoms with Gasteiger partial charge in [0.15, 0.2) is 5.75 Å². The molecule has 1 aromatic carbocycles. The first-order valence-electron chi connectivity index (χ1n) is 8.20. The summed E-state index contributed by atoms with van der Waals surface area (Å²) >= 11 is 0. The van der Waals surface area contributed by atoms with Crippen LogP contribution in [0.3, 0.4) is 0 Å². The van der Waals surface area contributed by atoms with Crippen LogP contribution in [-0.2, 0) is 12.8 Å². The number of rotatable bonds is 7. The highest BCUT2D eigenvalue weighted by Crippen LogP contribution is 2.19. The van der Waals surface area contributed by atoms with E-state index in [0.29, 0.717) is 12.1 Å². The molecule has 2 rings (SSSR count). The van der Waals surface area contributed by atoms with E-state index in [0.717, 1.165) is 12.1 Å². The Hall–Kier alpha value is -2.03. The minimum Gasteiger partial charge on any atom is -0.503 e. The maximum atomic E-state index is 11.5. The molecule has 0 saturated heterocycles. The molecule has 0 atom stereocenters. The third kappa shape index (κ3) is 3.79. The van der Waals surface area contributed by atoms with Crippen molar-refractivity contribution in [2.45, 2.75) is 52.4 Å². The molecule has 3 heteroatoms. The largest absolute Gasteiger partial charge is 0.503 e. The highest BCUT2D eigenvalue weighted by Gasteiger charge is 2.09. The van der Waals surface area contributed by atoms with Gasteiger partial charge in [-0.15, -0.1) is 0 Å². The van der Waals surface area contributed by atoms with Gasteiger partial charge in [0.05, 0.1) is 5.69 Å². The van der Waals surface area contributed by atoms with Crippen molar-refractivity contribution in [3.8, 4) is 11.4 Å². The minimum atomic E-state index is -0.319. The van der Waals surface area contributed by atoms with Gasteiger partial charge in [0, 0.05) is 18.0 Å². The van der Waals surface area contributed by atoms with Crippen LogP contribution in [-0.4, -0.2) is 9.67 Å². The fourth-order valence-corrected chi connectivity index (χ4v) is 2.73. The van der Waals surface area contributed by atoms with Crippen LogP contribution in [0.5, 0.6) is 5.75 Å². The van der Waals surface area contributed by atoms with Crippen molar-refractivity contribution in [3.05, 3.63) is 58.0 Å². The summed E-state index contributed by atoms with van der Waals surface area (Å²) in [6.07, 6.45) is 8.52. The lowest BCUT2D eigenvalue weighted by molar-refractivity contribution is 0.456. The zero-order chi connectivity index (χ0) is 15.9. The quantitative estimate of drug-likeness (QED) is 0.777. The zero-order valence-electron chi connectivity index (χ0n) is 13.5. The molecule has 0 saturated carbocycles. The smallest absolute Gasteiger partial charge is 0.223 e. The predicted molar refractivity (Wildman–Crippen MR) is 90.9 cm³/mol. The third-order valence-corrected chi connectivity index (χ3v) is 4.04. The van der Waals surface area contributed by atoms with Gasteiger partial charge in [0.2, 0.25) is 5.43 Å². The molecule has 0 aliphatic rings. The summed E-state index contributed by atoms with van der Waals surface area (Å²) in [5.41, 5.74) is 2.65. The van der Waals surface area contributed by atoms with Gasteiger partial charge in [-0.3, -0.25) is 4.79 Å². The van der Waals surface area contributed by atoms with Crippen molar-refractivity contribution in [1.82, 2.24) is 4.57 Å². The third-order valence-electron chi connectivity index (χ3n) is 4.04. The Morgan fingerprint density at radius 2 is 1.73 bits per heavy atom. The summed E-state index contributed by atoms with van der Waals surface area (Å²) in [7, 11) is 0. The number of hydrogen-bond donors (Lipinski definition) is 1. The van der Waals surface area contributed by atoms with E-state index in [1.54, 1.807) is 6.20 Å². The topological polar surface area (TPSA) is 42.2 Å². The van der Waals surface area contributed by atoms with Gasteiger partial charge in [-0.2, -0.15) is 0 Å². The van der Waals surface area contributed by atoms with E-state index >= 15 is 0 Å². The Kier molecular flexibility index (Phi) is 5.82. The van der Waals surface area contributed by atoms with E-state index in [1.165, 1.54) is 37.3 Å². The maximum absolute atomic E-state index is 11.5. The van der Waals surface area contributed by atoms with Gasteiger partial charge < -0.3 is 9.67 Å². The lowest BCUT2D eigenvalue weighted by Gasteiger charge is -2.14. The number of nitrogens with zero attached hydrogens (tertiary/aromatic N) is 1. The van der Waals surface area contributed by atoms with Crippen molar-refractivity contribution >= 4 is 0 Å². The number of aryl methyl sites for hydroxylation is 1. The lowest BCUT2D eigenvalue weighted by atomic mass is 10.1. The van der Waals surface area contributed by atoms with Crippen molar-refractivity contribution in [2.24, 2.45) is 0 Å². The highest BCUT2D eigenvalue weighted by molar-refractivity contribution is 5.40. The molecular weight excluding hydrogens is 274 g/mol.